The molecular weight excluding hydrogens is 439 g/mol. The second-order valence-corrected chi connectivity index (χ2v) is 9.55. The van der Waals surface area contributed by atoms with Crippen LogP contribution in [0.1, 0.15) is 55.4 Å². The summed E-state index contributed by atoms with van der Waals surface area (Å²) in [6, 6.07) is 20.5. The molecule has 27 heavy (non-hydrogen) atoms. The van der Waals surface area contributed by atoms with Crippen LogP contribution in [0.4, 0.5) is 0 Å². The van der Waals surface area contributed by atoms with Crippen LogP contribution in [0.25, 0.3) is 28.3 Å². The molecule has 0 nitrogen and oxygen atoms in total. The molecule has 1 heteroatoms. The molecule has 0 saturated heterocycles. The van der Waals surface area contributed by atoms with E-state index < -0.39 is 0 Å². The molecule has 0 N–H and O–H groups in total. The molecule has 0 aliphatic heterocycles. The first-order valence-electron chi connectivity index (χ1n) is 9.72. The lowest BCUT2D eigenvalue weighted by atomic mass is 9.80. The first-order chi connectivity index (χ1) is 13.0. The van der Waals surface area contributed by atoms with Crippen molar-refractivity contribution >= 4 is 28.7 Å². The van der Waals surface area contributed by atoms with Gasteiger partial charge in [-0.05, 0) is 91.6 Å². The summed E-state index contributed by atoms with van der Waals surface area (Å²) in [7, 11) is 0. The fourth-order valence-electron chi connectivity index (χ4n) is 4.92. The van der Waals surface area contributed by atoms with Crippen LogP contribution in [-0.4, -0.2) is 0 Å². The van der Waals surface area contributed by atoms with Crippen LogP contribution in [-0.2, 0) is 5.41 Å². The third-order valence-electron chi connectivity index (χ3n) is 6.40. The molecule has 0 unspecified atom stereocenters. The maximum Gasteiger partial charge on any atom is 0.0171 e. The van der Waals surface area contributed by atoms with E-state index in [1.807, 2.05) is 0 Å². The van der Waals surface area contributed by atoms with Gasteiger partial charge in [0.25, 0.3) is 0 Å². The molecule has 3 aromatic carbocycles. The summed E-state index contributed by atoms with van der Waals surface area (Å²) in [5.41, 5.74) is 11.3. The molecule has 0 fully saturated rings. The molecule has 2 aliphatic rings. The number of fused-ring (bicyclic) bond motifs is 4. The Hall–Kier alpha value is -1.87. The van der Waals surface area contributed by atoms with Crippen molar-refractivity contribution in [1.82, 2.24) is 0 Å². The molecule has 1 atom stereocenters. The normalized spacial score (nSPS) is 18.7. The number of benzene rings is 3. The van der Waals surface area contributed by atoms with Crippen LogP contribution in [0.3, 0.4) is 0 Å². The summed E-state index contributed by atoms with van der Waals surface area (Å²) in [6.45, 7) is 7.05. The second kappa shape index (κ2) is 6.07. The van der Waals surface area contributed by atoms with E-state index in [9.17, 15) is 0 Å². The van der Waals surface area contributed by atoms with Crippen molar-refractivity contribution in [3.8, 4) is 22.3 Å². The number of hydrogen-bond acceptors (Lipinski definition) is 0. The Morgan fingerprint density at radius 3 is 2.48 bits per heavy atom. The third-order valence-corrected chi connectivity index (χ3v) is 7.34. The summed E-state index contributed by atoms with van der Waals surface area (Å²) >= 11 is 2.50. The van der Waals surface area contributed by atoms with E-state index in [4.69, 9.17) is 0 Å². The van der Waals surface area contributed by atoms with Crippen LogP contribution in [0.15, 0.2) is 60.7 Å². The summed E-state index contributed by atoms with van der Waals surface area (Å²) in [5.74, 6) is 0.590. The van der Waals surface area contributed by atoms with Gasteiger partial charge in [0.05, 0.1) is 0 Å². The van der Waals surface area contributed by atoms with E-state index in [0.29, 0.717) is 5.92 Å². The Balaban J connectivity index is 1.72. The molecule has 134 valence electrons. The largest absolute Gasteiger partial charge is 0.0833 e. The lowest BCUT2D eigenvalue weighted by Crippen LogP contribution is -2.15. The van der Waals surface area contributed by atoms with Crippen molar-refractivity contribution in [2.75, 3.05) is 0 Å². The maximum absolute atomic E-state index is 2.50. The van der Waals surface area contributed by atoms with Gasteiger partial charge in [-0.2, -0.15) is 0 Å². The molecule has 0 saturated carbocycles. The van der Waals surface area contributed by atoms with E-state index in [-0.39, 0.29) is 5.41 Å². The molecule has 0 bridgehead atoms. The second-order valence-electron chi connectivity index (χ2n) is 8.39. The zero-order valence-corrected chi connectivity index (χ0v) is 18.2. The van der Waals surface area contributed by atoms with Crippen LogP contribution >= 0.6 is 22.6 Å². The summed E-state index contributed by atoms with van der Waals surface area (Å²) in [6.07, 6.45) is 5.80. The number of hydrogen-bond donors (Lipinski definition) is 0. The summed E-state index contributed by atoms with van der Waals surface area (Å²) in [4.78, 5) is 0. The fourth-order valence-corrected chi connectivity index (χ4v) is 5.92. The minimum absolute atomic E-state index is 0.0499. The highest BCUT2D eigenvalue weighted by atomic mass is 127. The van der Waals surface area contributed by atoms with Crippen molar-refractivity contribution in [2.45, 2.75) is 38.5 Å². The Kier molecular flexibility index (Phi) is 3.87. The fraction of sp³-hybridized carbons (Fsp3) is 0.231. The lowest BCUT2D eigenvalue weighted by molar-refractivity contribution is 0.660. The highest BCUT2D eigenvalue weighted by Gasteiger charge is 2.35. The highest BCUT2D eigenvalue weighted by molar-refractivity contribution is 14.1. The lowest BCUT2D eigenvalue weighted by Gasteiger charge is -2.24. The van der Waals surface area contributed by atoms with Crippen molar-refractivity contribution < 1.29 is 0 Å². The van der Waals surface area contributed by atoms with Gasteiger partial charge in [-0.1, -0.05) is 75.4 Å². The Bertz CT molecular complexity index is 1100. The van der Waals surface area contributed by atoms with Crippen molar-refractivity contribution in [3.63, 3.8) is 0 Å². The van der Waals surface area contributed by atoms with Gasteiger partial charge in [0.1, 0.15) is 0 Å². The quantitative estimate of drug-likeness (QED) is 0.324. The predicted molar refractivity (Wildman–Crippen MR) is 124 cm³/mol. The topological polar surface area (TPSA) is 0 Å². The molecular formula is C26H23I. The Morgan fingerprint density at radius 1 is 0.889 bits per heavy atom. The first-order valence-corrected chi connectivity index (χ1v) is 10.8. The van der Waals surface area contributed by atoms with Gasteiger partial charge < -0.3 is 0 Å². The minimum atomic E-state index is 0.0499. The van der Waals surface area contributed by atoms with Crippen LogP contribution in [0, 0.1) is 3.57 Å². The van der Waals surface area contributed by atoms with E-state index in [1.54, 1.807) is 0 Å². The predicted octanol–water partition coefficient (Wildman–Crippen LogP) is 7.78. The van der Waals surface area contributed by atoms with Crippen LogP contribution in [0.5, 0.6) is 0 Å². The minimum Gasteiger partial charge on any atom is -0.0833 e. The molecule has 2 aliphatic carbocycles. The van der Waals surface area contributed by atoms with Gasteiger partial charge in [0, 0.05) is 8.99 Å². The van der Waals surface area contributed by atoms with Gasteiger partial charge in [0.15, 0.2) is 0 Å². The molecule has 0 amide bonds. The highest BCUT2D eigenvalue weighted by Crippen LogP contribution is 2.50. The SMILES string of the molecule is C[C@@H]1CC=Cc2c(-c3ccc4c(c3)C(C)(C)c3ccccc3-4)ccc(I)c21. The zero-order chi connectivity index (χ0) is 18.8. The third kappa shape index (κ3) is 2.47. The first kappa shape index (κ1) is 17.2. The Labute approximate surface area is 175 Å². The van der Waals surface area contributed by atoms with Gasteiger partial charge in [0.2, 0.25) is 0 Å². The van der Waals surface area contributed by atoms with Crippen LogP contribution in [0.2, 0.25) is 0 Å². The number of rotatable bonds is 1. The number of allylic oxidation sites excluding steroid dienone is 1. The standard InChI is InChI=1S/C26H23I/c1-16-7-6-9-21-18(13-14-24(27)25(16)21)17-11-12-20-19-8-4-5-10-22(19)26(2,3)23(20)15-17/h4-6,8-16H,7H2,1-3H3/t16-/m1/s1. The molecule has 5 rings (SSSR count). The summed E-state index contributed by atoms with van der Waals surface area (Å²) in [5, 5.41) is 0. The monoisotopic (exact) mass is 462 g/mol. The van der Waals surface area contributed by atoms with E-state index in [1.165, 1.54) is 48.1 Å². The van der Waals surface area contributed by atoms with Gasteiger partial charge in [-0.15, -0.1) is 0 Å². The maximum atomic E-state index is 2.50. The molecule has 0 radical (unpaired) electrons. The average molecular weight is 462 g/mol. The van der Waals surface area contributed by atoms with E-state index in [0.717, 1.165) is 6.42 Å². The zero-order valence-electron chi connectivity index (χ0n) is 16.0. The van der Waals surface area contributed by atoms with Gasteiger partial charge in [-0.25, -0.2) is 0 Å². The molecule has 0 aromatic heterocycles. The van der Waals surface area contributed by atoms with Crippen molar-refractivity contribution in [3.05, 3.63) is 86.5 Å². The Morgan fingerprint density at radius 2 is 1.63 bits per heavy atom. The van der Waals surface area contributed by atoms with E-state index in [2.05, 4.69) is 110 Å². The summed E-state index contributed by atoms with van der Waals surface area (Å²) < 4.78 is 1.39. The van der Waals surface area contributed by atoms with Gasteiger partial charge >= 0.3 is 0 Å². The molecule has 0 spiro atoms. The number of halogens is 1. The average Bonchev–Trinajstić information content (AvgIpc) is 2.90. The van der Waals surface area contributed by atoms with Gasteiger partial charge in [-0.3, -0.25) is 0 Å². The van der Waals surface area contributed by atoms with E-state index >= 15 is 0 Å². The van der Waals surface area contributed by atoms with Crippen LogP contribution < -0.4 is 0 Å². The van der Waals surface area contributed by atoms with Crippen molar-refractivity contribution in [1.29, 1.82) is 0 Å². The van der Waals surface area contributed by atoms with Crippen molar-refractivity contribution in [2.24, 2.45) is 0 Å². The molecule has 0 heterocycles. The smallest absolute Gasteiger partial charge is 0.0171 e. The molecule has 3 aromatic rings.